The number of rotatable bonds is 4. The second kappa shape index (κ2) is 5.03. The van der Waals surface area contributed by atoms with Gasteiger partial charge in [0.15, 0.2) is 11.5 Å². The summed E-state index contributed by atoms with van der Waals surface area (Å²) in [6.07, 6.45) is 5.40. The molecule has 0 spiro atoms. The molecule has 0 saturated heterocycles. The minimum atomic E-state index is 0.297. The third-order valence-electron chi connectivity index (χ3n) is 2.25. The van der Waals surface area contributed by atoms with Crippen LogP contribution in [0.15, 0.2) is 18.7 Å². The Hall–Kier alpha value is -2.49. The van der Waals surface area contributed by atoms with Crippen LogP contribution in [0.25, 0.3) is 0 Å². The maximum Gasteiger partial charge on any atom is 0.182 e. The lowest BCUT2D eigenvalue weighted by Gasteiger charge is -2.05. The molecule has 1 N–H and O–H groups in total. The molecule has 0 radical (unpaired) electrons. The zero-order valence-electron chi connectivity index (χ0n) is 9.33. The predicted molar refractivity (Wildman–Crippen MR) is 59.9 cm³/mol. The molecule has 86 valence electrons. The topological polar surface area (TPSA) is 92.3 Å². The van der Waals surface area contributed by atoms with E-state index in [4.69, 9.17) is 5.26 Å². The van der Waals surface area contributed by atoms with E-state index in [0.717, 1.165) is 5.82 Å². The highest BCUT2D eigenvalue weighted by Gasteiger charge is 2.04. The van der Waals surface area contributed by atoms with Gasteiger partial charge in [-0.1, -0.05) is 0 Å². The van der Waals surface area contributed by atoms with Gasteiger partial charge in [0.2, 0.25) is 0 Å². The molecule has 2 aromatic rings. The van der Waals surface area contributed by atoms with Crippen molar-refractivity contribution in [3.05, 3.63) is 30.2 Å². The van der Waals surface area contributed by atoms with Crippen molar-refractivity contribution < 1.29 is 0 Å². The largest absolute Gasteiger partial charge is 0.367 e. The zero-order chi connectivity index (χ0) is 12.1. The highest BCUT2D eigenvalue weighted by molar-refractivity contribution is 5.46. The van der Waals surface area contributed by atoms with Gasteiger partial charge in [0.25, 0.3) is 0 Å². The van der Waals surface area contributed by atoms with Gasteiger partial charge in [0.05, 0.1) is 0 Å². The average molecular weight is 229 g/mol. The fourth-order valence-electron chi connectivity index (χ4n) is 1.38. The van der Waals surface area contributed by atoms with Crippen LogP contribution in [-0.2, 0) is 13.5 Å². The molecule has 0 aliphatic carbocycles. The van der Waals surface area contributed by atoms with Crippen LogP contribution in [0.2, 0.25) is 0 Å². The van der Waals surface area contributed by atoms with Crippen molar-refractivity contribution in [2.45, 2.75) is 6.42 Å². The second-order valence-electron chi connectivity index (χ2n) is 3.40. The van der Waals surface area contributed by atoms with Gasteiger partial charge < -0.3 is 9.88 Å². The molecule has 0 aliphatic heterocycles. The number of hydrogen-bond donors (Lipinski definition) is 1. The van der Waals surface area contributed by atoms with Crippen molar-refractivity contribution in [3.63, 3.8) is 0 Å². The van der Waals surface area contributed by atoms with Crippen molar-refractivity contribution in [1.82, 2.24) is 24.7 Å². The van der Waals surface area contributed by atoms with Crippen LogP contribution in [0, 0.1) is 11.3 Å². The normalized spacial score (nSPS) is 9.88. The molecule has 0 aromatic carbocycles. The minimum absolute atomic E-state index is 0.297. The summed E-state index contributed by atoms with van der Waals surface area (Å²) in [6, 6.07) is 1.98. The average Bonchev–Trinajstić information content (AvgIpc) is 2.76. The number of aromatic nitrogens is 5. The summed E-state index contributed by atoms with van der Waals surface area (Å²) in [7, 11) is 1.89. The molecule has 0 aliphatic rings. The van der Waals surface area contributed by atoms with E-state index in [1.54, 1.807) is 12.5 Å². The van der Waals surface area contributed by atoms with Crippen LogP contribution in [0.4, 0.5) is 5.82 Å². The van der Waals surface area contributed by atoms with E-state index < -0.39 is 0 Å². The highest BCUT2D eigenvalue weighted by Crippen LogP contribution is 2.06. The van der Waals surface area contributed by atoms with Gasteiger partial charge in [-0.3, -0.25) is 0 Å². The Balaban J connectivity index is 1.95. The van der Waals surface area contributed by atoms with E-state index in [1.807, 2.05) is 17.7 Å². The molecular formula is C10H11N7. The van der Waals surface area contributed by atoms with Gasteiger partial charge in [-0.25, -0.2) is 9.97 Å². The molecular weight excluding hydrogens is 218 g/mol. The van der Waals surface area contributed by atoms with Crippen LogP contribution in [-0.4, -0.2) is 31.3 Å². The van der Waals surface area contributed by atoms with Crippen molar-refractivity contribution in [3.8, 4) is 6.07 Å². The predicted octanol–water partition coefficient (Wildman–Crippen LogP) is 0.131. The molecule has 7 nitrogen and oxygen atoms in total. The number of hydrogen-bond acceptors (Lipinski definition) is 6. The fourth-order valence-corrected chi connectivity index (χ4v) is 1.38. The standard InChI is InChI=1S/C10H11N7/c1-17-7-15-16-9(17)2-3-13-10-8(6-11)12-4-5-14-10/h4-5,7H,2-3H2,1H3,(H,13,14). The maximum atomic E-state index is 8.83. The Morgan fingerprint density at radius 2 is 2.24 bits per heavy atom. The summed E-state index contributed by atoms with van der Waals surface area (Å²) >= 11 is 0. The maximum absolute atomic E-state index is 8.83. The van der Waals surface area contributed by atoms with E-state index in [1.165, 1.54) is 6.20 Å². The number of aryl methyl sites for hydroxylation is 1. The van der Waals surface area contributed by atoms with Crippen molar-refractivity contribution in [1.29, 1.82) is 5.26 Å². The van der Waals surface area contributed by atoms with E-state index in [0.29, 0.717) is 24.5 Å². The third kappa shape index (κ3) is 2.55. The molecule has 0 unspecified atom stereocenters. The van der Waals surface area contributed by atoms with Crippen molar-refractivity contribution >= 4 is 5.82 Å². The third-order valence-corrected chi connectivity index (χ3v) is 2.25. The number of nitrogens with one attached hydrogen (secondary N) is 1. The van der Waals surface area contributed by atoms with Crippen LogP contribution >= 0.6 is 0 Å². The van der Waals surface area contributed by atoms with Crippen LogP contribution in [0.3, 0.4) is 0 Å². The van der Waals surface area contributed by atoms with Gasteiger partial charge in [-0.2, -0.15) is 5.26 Å². The summed E-state index contributed by atoms with van der Waals surface area (Å²) in [5, 5.41) is 19.6. The van der Waals surface area contributed by atoms with E-state index in [9.17, 15) is 0 Å². The summed E-state index contributed by atoms with van der Waals surface area (Å²) in [5.74, 6) is 1.37. The van der Waals surface area contributed by atoms with Crippen molar-refractivity contribution in [2.75, 3.05) is 11.9 Å². The smallest absolute Gasteiger partial charge is 0.182 e. The first kappa shape index (κ1) is 11.0. The molecule has 0 atom stereocenters. The Kier molecular flexibility index (Phi) is 3.25. The molecule has 0 fully saturated rings. The molecule has 2 aromatic heterocycles. The fraction of sp³-hybridized carbons (Fsp3) is 0.300. The summed E-state index contributed by atoms with van der Waals surface area (Å²) < 4.78 is 1.85. The molecule has 17 heavy (non-hydrogen) atoms. The number of nitriles is 1. The molecule has 0 bridgehead atoms. The Bertz CT molecular complexity index is 540. The Labute approximate surface area is 98.2 Å². The van der Waals surface area contributed by atoms with E-state index >= 15 is 0 Å². The molecule has 0 saturated carbocycles. The van der Waals surface area contributed by atoms with E-state index in [-0.39, 0.29) is 0 Å². The minimum Gasteiger partial charge on any atom is -0.367 e. The van der Waals surface area contributed by atoms with Crippen LogP contribution in [0.1, 0.15) is 11.5 Å². The Morgan fingerprint density at radius 1 is 1.41 bits per heavy atom. The molecule has 0 amide bonds. The first-order chi connectivity index (χ1) is 8.31. The Morgan fingerprint density at radius 3 is 2.94 bits per heavy atom. The second-order valence-corrected chi connectivity index (χ2v) is 3.40. The van der Waals surface area contributed by atoms with Crippen LogP contribution in [0.5, 0.6) is 0 Å². The van der Waals surface area contributed by atoms with Gasteiger partial charge >= 0.3 is 0 Å². The quantitative estimate of drug-likeness (QED) is 0.801. The molecule has 7 heteroatoms. The van der Waals surface area contributed by atoms with Gasteiger partial charge in [-0.05, 0) is 0 Å². The first-order valence-electron chi connectivity index (χ1n) is 5.09. The van der Waals surface area contributed by atoms with E-state index in [2.05, 4.69) is 25.5 Å². The number of anilines is 1. The number of nitrogens with zero attached hydrogens (tertiary/aromatic N) is 6. The monoisotopic (exact) mass is 229 g/mol. The summed E-state index contributed by atoms with van der Waals surface area (Å²) in [6.45, 7) is 0.625. The first-order valence-corrected chi connectivity index (χ1v) is 5.09. The van der Waals surface area contributed by atoms with Gasteiger partial charge in [-0.15, -0.1) is 10.2 Å². The zero-order valence-corrected chi connectivity index (χ0v) is 9.33. The highest BCUT2D eigenvalue weighted by atomic mass is 15.2. The van der Waals surface area contributed by atoms with Crippen LogP contribution < -0.4 is 5.32 Å². The summed E-state index contributed by atoms with van der Waals surface area (Å²) in [4.78, 5) is 7.96. The van der Waals surface area contributed by atoms with Gasteiger partial charge in [0.1, 0.15) is 18.2 Å². The molecule has 2 rings (SSSR count). The lowest BCUT2D eigenvalue weighted by atomic mass is 10.3. The summed E-state index contributed by atoms with van der Waals surface area (Å²) in [5.41, 5.74) is 0.297. The molecule has 2 heterocycles. The lowest BCUT2D eigenvalue weighted by Crippen LogP contribution is -2.11. The van der Waals surface area contributed by atoms with Gasteiger partial charge in [0, 0.05) is 32.4 Å². The van der Waals surface area contributed by atoms with Crippen molar-refractivity contribution in [2.24, 2.45) is 7.05 Å². The lowest BCUT2D eigenvalue weighted by molar-refractivity contribution is 0.787. The SMILES string of the molecule is Cn1cnnc1CCNc1nccnc1C#N.